The van der Waals surface area contributed by atoms with Gasteiger partial charge < -0.3 is 25.0 Å². The molecule has 0 aliphatic heterocycles. The second-order valence-electron chi connectivity index (χ2n) is 4.19. The van der Waals surface area contributed by atoms with Gasteiger partial charge in [0, 0.05) is 27.2 Å². The number of aliphatic hydroxyl groups is 2. The van der Waals surface area contributed by atoms with Crippen LogP contribution in [-0.2, 0) is 0 Å². The number of nitrogens with one attached hydrogen (secondary N) is 1. The molecule has 0 aromatic carbocycles. The van der Waals surface area contributed by atoms with E-state index in [1.165, 1.54) is 21.9 Å². The Morgan fingerprint density at radius 2 is 1.37 bits per heavy atom. The average Bonchev–Trinajstić information content (AvgIpc) is 2.87. The van der Waals surface area contributed by atoms with Gasteiger partial charge in [0.2, 0.25) is 0 Å². The Labute approximate surface area is 111 Å². The van der Waals surface area contributed by atoms with Crippen molar-refractivity contribution in [3.05, 3.63) is 23.5 Å². The Hall–Kier alpha value is -1.86. The molecule has 0 aliphatic rings. The summed E-state index contributed by atoms with van der Waals surface area (Å²) in [6.45, 7) is 0.221. The van der Waals surface area contributed by atoms with Crippen molar-refractivity contribution in [1.29, 1.82) is 0 Å². The van der Waals surface area contributed by atoms with Gasteiger partial charge in [-0.15, -0.1) is 0 Å². The summed E-state index contributed by atoms with van der Waals surface area (Å²) in [5, 5.41) is 17.5. The van der Waals surface area contributed by atoms with Crippen LogP contribution < -0.4 is 0 Å². The van der Waals surface area contributed by atoms with Gasteiger partial charge in [-0.2, -0.15) is 0 Å². The molecule has 1 aromatic heterocycles. The first kappa shape index (κ1) is 15.2. The maximum Gasteiger partial charge on any atom is 0.270 e. The summed E-state index contributed by atoms with van der Waals surface area (Å²) in [4.78, 5) is 29.2. The van der Waals surface area contributed by atoms with Crippen molar-refractivity contribution >= 4 is 11.8 Å². The van der Waals surface area contributed by atoms with Gasteiger partial charge in [0.25, 0.3) is 11.8 Å². The number of aromatic nitrogens is 1. The molecule has 0 radical (unpaired) electrons. The van der Waals surface area contributed by atoms with Gasteiger partial charge >= 0.3 is 0 Å². The first-order chi connectivity index (χ1) is 9.01. The Balaban J connectivity index is 2.76. The second-order valence-corrected chi connectivity index (χ2v) is 4.19. The van der Waals surface area contributed by atoms with E-state index in [1.54, 1.807) is 14.1 Å². The van der Waals surface area contributed by atoms with Crippen LogP contribution in [0.4, 0.5) is 0 Å². The largest absolute Gasteiger partial charge is 0.395 e. The number of amides is 2. The number of carbonyl (C=O) groups is 2. The van der Waals surface area contributed by atoms with E-state index in [9.17, 15) is 9.59 Å². The number of rotatable bonds is 6. The minimum absolute atomic E-state index is 0.117. The molecular formula is C12H19N3O4. The number of hydrogen-bond donors (Lipinski definition) is 3. The topological polar surface area (TPSA) is 96.9 Å². The molecule has 2 amide bonds. The van der Waals surface area contributed by atoms with E-state index in [0.717, 1.165) is 0 Å². The molecule has 0 spiro atoms. The van der Waals surface area contributed by atoms with Crippen molar-refractivity contribution < 1.29 is 19.8 Å². The Kier molecular flexibility index (Phi) is 5.53. The van der Waals surface area contributed by atoms with E-state index in [4.69, 9.17) is 10.2 Å². The van der Waals surface area contributed by atoms with E-state index in [2.05, 4.69) is 4.98 Å². The predicted molar refractivity (Wildman–Crippen MR) is 68.9 cm³/mol. The number of hydrogen-bond acceptors (Lipinski definition) is 4. The first-order valence-electron chi connectivity index (χ1n) is 5.93. The maximum atomic E-state index is 11.9. The van der Waals surface area contributed by atoms with Gasteiger partial charge in [0.05, 0.1) is 13.2 Å². The monoisotopic (exact) mass is 269 g/mol. The summed E-state index contributed by atoms with van der Waals surface area (Å²) in [5.41, 5.74) is 0.577. The summed E-state index contributed by atoms with van der Waals surface area (Å²) in [6.07, 6.45) is 0. The summed E-state index contributed by atoms with van der Waals surface area (Å²) < 4.78 is 0. The molecule has 0 unspecified atom stereocenters. The van der Waals surface area contributed by atoms with Crippen molar-refractivity contribution in [3.8, 4) is 0 Å². The third kappa shape index (κ3) is 3.80. The third-order valence-electron chi connectivity index (χ3n) is 2.71. The molecule has 19 heavy (non-hydrogen) atoms. The zero-order valence-electron chi connectivity index (χ0n) is 11.1. The van der Waals surface area contributed by atoms with Crippen LogP contribution in [0.15, 0.2) is 12.1 Å². The van der Waals surface area contributed by atoms with E-state index < -0.39 is 0 Å². The van der Waals surface area contributed by atoms with Gasteiger partial charge in [-0.05, 0) is 12.1 Å². The molecule has 0 atom stereocenters. The standard InChI is InChI=1S/C12H19N3O4/c1-14(5-7-16)11(18)9-3-4-10(13-9)12(19)15(2)6-8-17/h3-4,13,16-17H,5-8H2,1-2H3. The van der Waals surface area contributed by atoms with Crippen LogP contribution in [0.3, 0.4) is 0 Å². The van der Waals surface area contributed by atoms with Crippen LogP contribution in [0, 0.1) is 0 Å². The Morgan fingerprint density at radius 3 is 1.68 bits per heavy atom. The van der Waals surface area contributed by atoms with Crippen molar-refractivity contribution in [3.63, 3.8) is 0 Å². The Bertz CT molecular complexity index is 405. The number of likely N-dealkylation sites (N-methyl/N-ethyl adjacent to an activating group) is 2. The molecule has 0 aliphatic carbocycles. The molecule has 1 aromatic rings. The SMILES string of the molecule is CN(CCO)C(=O)c1ccc(C(=O)N(C)CCO)[nH]1. The van der Waals surface area contributed by atoms with E-state index in [0.29, 0.717) is 0 Å². The van der Waals surface area contributed by atoms with Gasteiger partial charge in [-0.1, -0.05) is 0 Å². The predicted octanol–water partition coefficient (Wildman–Crippen LogP) is -0.857. The molecule has 0 fully saturated rings. The number of aliphatic hydroxyl groups excluding tert-OH is 2. The lowest BCUT2D eigenvalue weighted by atomic mass is 10.3. The van der Waals surface area contributed by atoms with Gasteiger partial charge in [-0.3, -0.25) is 9.59 Å². The van der Waals surface area contributed by atoms with Crippen LogP contribution in [0.25, 0.3) is 0 Å². The number of H-pyrrole nitrogens is 1. The van der Waals surface area contributed by atoms with Gasteiger partial charge in [-0.25, -0.2) is 0 Å². The lowest BCUT2D eigenvalue weighted by Gasteiger charge is -2.15. The number of aromatic amines is 1. The molecule has 7 heteroatoms. The highest BCUT2D eigenvalue weighted by atomic mass is 16.3. The molecule has 1 heterocycles. The quantitative estimate of drug-likeness (QED) is 0.626. The highest BCUT2D eigenvalue weighted by molar-refractivity contribution is 5.97. The van der Waals surface area contributed by atoms with Crippen LogP contribution in [0.1, 0.15) is 21.0 Å². The maximum absolute atomic E-state index is 11.9. The third-order valence-corrected chi connectivity index (χ3v) is 2.71. The number of nitrogens with zero attached hydrogens (tertiary/aromatic N) is 2. The smallest absolute Gasteiger partial charge is 0.270 e. The fourth-order valence-electron chi connectivity index (χ4n) is 1.56. The van der Waals surface area contributed by atoms with Crippen molar-refractivity contribution in [2.24, 2.45) is 0 Å². The lowest BCUT2D eigenvalue weighted by molar-refractivity contribution is 0.0756. The van der Waals surface area contributed by atoms with E-state index in [1.807, 2.05) is 0 Å². The zero-order valence-corrected chi connectivity index (χ0v) is 11.1. The van der Waals surface area contributed by atoms with Crippen molar-refractivity contribution in [2.75, 3.05) is 40.4 Å². The van der Waals surface area contributed by atoms with Crippen LogP contribution in [0.5, 0.6) is 0 Å². The summed E-state index contributed by atoms with van der Waals surface area (Å²) in [6, 6.07) is 3.05. The fourth-order valence-corrected chi connectivity index (χ4v) is 1.56. The Morgan fingerprint density at radius 1 is 1.00 bits per heavy atom. The molecule has 7 nitrogen and oxygen atoms in total. The minimum Gasteiger partial charge on any atom is -0.395 e. The molecule has 0 saturated heterocycles. The number of carbonyl (C=O) groups excluding carboxylic acids is 2. The first-order valence-corrected chi connectivity index (χ1v) is 5.93. The van der Waals surface area contributed by atoms with Crippen LogP contribution >= 0.6 is 0 Å². The molecule has 3 N–H and O–H groups in total. The summed E-state index contributed by atoms with van der Waals surface area (Å²) in [5.74, 6) is -0.587. The normalized spacial score (nSPS) is 10.3. The summed E-state index contributed by atoms with van der Waals surface area (Å²) in [7, 11) is 3.14. The molecule has 0 bridgehead atoms. The van der Waals surface area contributed by atoms with Crippen LogP contribution in [-0.4, -0.2) is 77.2 Å². The molecule has 106 valence electrons. The van der Waals surface area contributed by atoms with E-state index >= 15 is 0 Å². The van der Waals surface area contributed by atoms with Crippen LogP contribution in [0.2, 0.25) is 0 Å². The second kappa shape index (κ2) is 6.91. The molecule has 1 rings (SSSR count). The minimum atomic E-state index is -0.294. The zero-order chi connectivity index (χ0) is 14.4. The van der Waals surface area contributed by atoms with Gasteiger partial charge in [0.15, 0.2) is 0 Å². The molecular weight excluding hydrogens is 250 g/mol. The van der Waals surface area contributed by atoms with Crippen molar-refractivity contribution in [1.82, 2.24) is 14.8 Å². The lowest BCUT2D eigenvalue weighted by Crippen LogP contribution is -2.31. The van der Waals surface area contributed by atoms with Crippen molar-refractivity contribution in [2.45, 2.75) is 0 Å². The average molecular weight is 269 g/mol. The fraction of sp³-hybridized carbons (Fsp3) is 0.500. The highest BCUT2D eigenvalue weighted by Crippen LogP contribution is 2.07. The highest BCUT2D eigenvalue weighted by Gasteiger charge is 2.17. The van der Waals surface area contributed by atoms with E-state index in [-0.39, 0.29) is 49.5 Å². The van der Waals surface area contributed by atoms with Gasteiger partial charge in [0.1, 0.15) is 11.4 Å². The molecule has 0 saturated carbocycles. The summed E-state index contributed by atoms with van der Waals surface area (Å²) >= 11 is 0.